The van der Waals surface area contributed by atoms with Crippen LogP contribution in [-0.4, -0.2) is 23.1 Å². The van der Waals surface area contributed by atoms with Crippen LogP contribution in [0.15, 0.2) is 23.6 Å². The number of nitro groups is 1. The summed E-state index contributed by atoms with van der Waals surface area (Å²) in [6, 6.07) is 5.04. The van der Waals surface area contributed by atoms with Gasteiger partial charge < -0.3 is 10.1 Å². The van der Waals surface area contributed by atoms with Crippen LogP contribution in [0.2, 0.25) is 0 Å². The molecule has 1 N–H and O–H groups in total. The molecule has 0 saturated heterocycles. The molecule has 0 atom stereocenters. The fourth-order valence-corrected chi connectivity index (χ4v) is 2.62. The molecule has 1 aromatic heterocycles. The predicted molar refractivity (Wildman–Crippen MR) is 83.3 cm³/mol. The van der Waals surface area contributed by atoms with E-state index in [9.17, 15) is 10.1 Å². The molecule has 0 unspecified atom stereocenters. The summed E-state index contributed by atoms with van der Waals surface area (Å²) in [6.45, 7) is 4.73. The van der Waals surface area contributed by atoms with E-state index in [0.29, 0.717) is 18.8 Å². The third-order valence-corrected chi connectivity index (χ3v) is 3.67. The first-order valence-corrected chi connectivity index (χ1v) is 7.55. The van der Waals surface area contributed by atoms with Crippen molar-refractivity contribution in [2.75, 3.05) is 18.5 Å². The lowest BCUT2D eigenvalue weighted by Crippen LogP contribution is -2.08. The van der Waals surface area contributed by atoms with Crippen molar-refractivity contribution in [2.45, 2.75) is 20.3 Å². The second-order valence-corrected chi connectivity index (χ2v) is 5.44. The highest BCUT2D eigenvalue weighted by molar-refractivity contribution is 7.09. The Hall–Kier alpha value is -2.15. The molecule has 0 aliphatic heterocycles. The van der Waals surface area contributed by atoms with E-state index in [0.717, 1.165) is 17.1 Å². The van der Waals surface area contributed by atoms with Crippen LogP contribution in [0.25, 0.3) is 0 Å². The number of aromatic nitrogens is 1. The molecule has 0 radical (unpaired) electrons. The van der Waals surface area contributed by atoms with E-state index in [1.165, 1.54) is 0 Å². The second kappa shape index (κ2) is 7.03. The summed E-state index contributed by atoms with van der Waals surface area (Å²) in [5.74, 6) is 0.289. The van der Waals surface area contributed by atoms with Crippen molar-refractivity contribution in [1.29, 1.82) is 0 Å². The van der Waals surface area contributed by atoms with Crippen LogP contribution >= 0.6 is 11.3 Å². The molecule has 2 rings (SSSR count). The molecule has 0 aliphatic rings. The number of thiazole rings is 1. The number of para-hydroxylation sites is 1. The van der Waals surface area contributed by atoms with Crippen molar-refractivity contribution in [3.05, 3.63) is 44.4 Å². The third kappa shape index (κ3) is 3.91. The summed E-state index contributed by atoms with van der Waals surface area (Å²) < 4.78 is 5.31. The number of aryl methyl sites for hydroxylation is 1. The lowest BCUT2D eigenvalue weighted by molar-refractivity contribution is -0.384. The molecule has 2 aromatic rings. The third-order valence-electron chi connectivity index (χ3n) is 2.84. The first kappa shape index (κ1) is 15.2. The smallest absolute Gasteiger partial charge is 0.333 e. The Labute approximate surface area is 126 Å². The van der Waals surface area contributed by atoms with Crippen LogP contribution in [0.3, 0.4) is 0 Å². The quantitative estimate of drug-likeness (QED) is 0.626. The minimum Gasteiger partial charge on any atom is -0.487 e. The maximum Gasteiger partial charge on any atom is 0.333 e. The van der Waals surface area contributed by atoms with Gasteiger partial charge in [0.25, 0.3) is 0 Å². The van der Waals surface area contributed by atoms with Crippen molar-refractivity contribution in [3.8, 4) is 5.75 Å². The van der Waals surface area contributed by atoms with E-state index >= 15 is 0 Å². The van der Waals surface area contributed by atoms with Crippen molar-refractivity contribution in [1.82, 2.24) is 4.98 Å². The standard InChI is InChI=1S/C14H17N3O3S/c1-3-20-13-6-4-5-12(14(13)17(18)19)15-8-7-11-9-21-10(2)16-11/h4-6,9,15H,3,7-8H2,1-2H3. The fourth-order valence-electron chi connectivity index (χ4n) is 1.97. The van der Waals surface area contributed by atoms with Gasteiger partial charge >= 0.3 is 5.69 Å². The average Bonchev–Trinajstić information content (AvgIpc) is 2.85. The second-order valence-electron chi connectivity index (χ2n) is 4.38. The Morgan fingerprint density at radius 2 is 2.29 bits per heavy atom. The highest BCUT2D eigenvalue weighted by Crippen LogP contribution is 2.34. The van der Waals surface area contributed by atoms with Gasteiger partial charge in [-0.15, -0.1) is 11.3 Å². The number of anilines is 1. The molecule has 1 aromatic carbocycles. The molecule has 21 heavy (non-hydrogen) atoms. The van der Waals surface area contributed by atoms with Gasteiger partial charge in [-0.2, -0.15) is 0 Å². The SMILES string of the molecule is CCOc1cccc(NCCc2csc(C)n2)c1[N+](=O)[O-]. The average molecular weight is 307 g/mol. The molecule has 0 fully saturated rings. The first-order valence-electron chi connectivity index (χ1n) is 6.67. The lowest BCUT2D eigenvalue weighted by atomic mass is 10.2. The molecular weight excluding hydrogens is 290 g/mol. The maximum atomic E-state index is 11.2. The highest BCUT2D eigenvalue weighted by Gasteiger charge is 2.20. The Balaban J connectivity index is 2.08. The molecule has 7 heteroatoms. The molecule has 0 aliphatic carbocycles. The number of rotatable bonds is 7. The minimum absolute atomic E-state index is 0.0196. The van der Waals surface area contributed by atoms with Gasteiger partial charge in [0.2, 0.25) is 0 Å². The van der Waals surface area contributed by atoms with E-state index in [1.807, 2.05) is 12.3 Å². The van der Waals surface area contributed by atoms with Crippen molar-refractivity contribution >= 4 is 22.7 Å². The van der Waals surface area contributed by atoms with Crippen LogP contribution < -0.4 is 10.1 Å². The summed E-state index contributed by atoms with van der Waals surface area (Å²) in [4.78, 5) is 15.2. The van der Waals surface area contributed by atoms with Gasteiger partial charge in [-0.05, 0) is 26.0 Å². The molecule has 0 bridgehead atoms. The highest BCUT2D eigenvalue weighted by atomic mass is 32.1. The van der Waals surface area contributed by atoms with Crippen LogP contribution in [0, 0.1) is 17.0 Å². The molecule has 6 nitrogen and oxygen atoms in total. The first-order chi connectivity index (χ1) is 10.1. The van der Waals surface area contributed by atoms with Gasteiger partial charge in [0.15, 0.2) is 5.75 Å². The number of nitro benzene ring substituents is 1. The van der Waals surface area contributed by atoms with E-state index in [-0.39, 0.29) is 11.4 Å². The zero-order valence-electron chi connectivity index (χ0n) is 12.0. The summed E-state index contributed by atoms with van der Waals surface area (Å²) in [6.07, 6.45) is 0.723. The largest absolute Gasteiger partial charge is 0.487 e. The zero-order chi connectivity index (χ0) is 15.2. The Morgan fingerprint density at radius 1 is 1.48 bits per heavy atom. The minimum atomic E-state index is -0.416. The molecule has 0 spiro atoms. The summed E-state index contributed by atoms with van der Waals surface area (Å²) >= 11 is 1.60. The van der Waals surface area contributed by atoms with Crippen LogP contribution in [0.1, 0.15) is 17.6 Å². The van der Waals surface area contributed by atoms with E-state index in [1.54, 1.807) is 36.5 Å². The van der Waals surface area contributed by atoms with Crippen LogP contribution in [-0.2, 0) is 6.42 Å². The Kier molecular flexibility index (Phi) is 5.10. The van der Waals surface area contributed by atoms with Gasteiger partial charge in [0.1, 0.15) is 5.69 Å². The summed E-state index contributed by atoms with van der Waals surface area (Å²) in [5, 5.41) is 17.3. The predicted octanol–water partition coefficient (Wildman–Crippen LogP) is 3.41. The van der Waals surface area contributed by atoms with Crippen molar-refractivity contribution < 1.29 is 9.66 Å². The van der Waals surface area contributed by atoms with Gasteiger partial charge in [0, 0.05) is 18.3 Å². The topological polar surface area (TPSA) is 77.3 Å². The molecule has 0 amide bonds. The number of nitrogens with one attached hydrogen (secondary N) is 1. The maximum absolute atomic E-state index is 11.2. The molecular formula is C14H17N3O3S. The Bertz CT molecular complexity index is 628. The number of hydrogen-bond acceptors (Lipinski definition) is 6. The zero-order valence-corrected chi connectivity index (χ0v) is 12.8. The normalized spacial score (nSPS) is 10.4. The van der Waals surface area contributed by atoms with Gasteiger partial charge in [-0.25, -0.2) is 4.98 Å². The number of hydrogen-bond donors (Lipinski definition) is 1. The van der Waals surface area contributed by atoms with E-state index < -0.39 is 4.92 Å². The van der Waals surface area contributed by atoms with Gasteiger partial charge in [0.05, 0.1) is 22.2 Å². The summed E-state index contributed by atoms with van der Waals surface area (Å²) in [5.41, 5.74) is 1.44. The number of ether oxygens (including phenoxy) is 1. The number of benzene rings is 1. The summed E-state index contributed by atoms with van der Waals surface area (Å²) in [7, 11) is 0. The van der Waals surface area contributed by atoms with Gasteiger partial charge in [-0.3, -0.25) is 10.1 Å². The molecule has 1 heterocycles. The monoisotopic (exact) mass is 307 g/mol. The molecule has 0 saturated carbocycles. The van der Waals surface area contributed by atoms with Gasteiger partial charge in [-0.1, -0.05) is 6.07 Å². The van der Waals surface area contributed by atoms with Crippen LogP contribution in [0.4, 0.5) is 11.4 Å². The number of nitrogens with zero attached hydrogens (tertiary/aromatic N) is 2. The van der Waals surface area contributed by atoms with E-state index in [2.05, 4.69) is 10.3 Å². The molecule has 112 valence electrons. The Morgan fingerprint density at radius 3 is 2.90 bits per heavy atom. The fraction of sp³-hybridized carbons (Fsp3) is 0.357. The van der Waals surface area contributed by atoms with Crippen LogP contribution in [0.5, 0.6) is 5.75 Å². The lowest BCUT2D eigenvalue weighted by Gasteiger charge is -2.09. The van der Waals surface area contributed by atoms with Crippen molar-refractivity contribution in [2.24, 2.45) is 0 Å². The van der Waals surface area contributed by atoms with Crippen molar-refractivity contribution in [3.63, 3.8) is 0 Å². The van der Waals surface area contributed by atoms with E-state index in [4.69, 9.17) is 4.74 Å².